The number of nitrogens with one attached hydrogen (secondary N) is 1. The third-order valence-electron chi connectivity index (χ3n) is 3.36. The Labute approximate surface area is 136 Å². The summed E-state index contributed by atoms with van der Waals surface area (Å²) in [4.78, 5) is 16.0. The number of hydrogen-bond donors (Lipinski definition) is 2. The van der Waals surface area contributed by atoms with Crippen LogP contribution >= 0.6 is 0 Å². The van der Waals surface area contributed by atoms with E-state index in [0.29, 0.717) is 19.4 Å². The number of hydrogen-bond acceptors (Lipinski definition) is 4. The van der Waals surface area contributed by atoms with E-state index in [1.807, 2.05) is 43.3 Å². The van der Waals surface area contributed by atoms with E-state index >= 15 is 0 Å². The van der Waals surface area contributed by atoms with Gasteiger partial charge in [-0.15, -0.1) is 0 Å². The third-order valence-corrected chi connectivity index (χ3v) is 3.36. The Hall–Kier alpha value is -2.40. The van der Waals surface area contributed by atoms with E-state index < -0.39 is 0 Å². The summed E-state index contributed by atoms with van der Waals surface area (Å²) in [7, 11) is 0. The van der Waals surface area contributed by atoms with Crippen molar-refractivity contribution >= 4 is 5.91 Å². The zero-order chi connectivity index (χ0) is 16.5. The molecule has 0 saturated heterocycles. The quantitative estimate of drug-likeness (QED) is 0.782. The average Bonchev–Trinajstić information content (AvgIpc) is 2.54. The van der Waals surface area contributed by atoms with Gasteiger partial charge in [-0.2, -0.15) is 0 Å². The maximum atomic E-state index is 11.9. The molecule has 0 aliphatic heterocycles. The largest absolute Gasteiger partial charge is 0.489 e. The van der Waals surface area contributed by atoms with Crippen molar-refractivity contribution in [2.75, 3.05) is 6.61 Å². The molecule has 1 aromatic heterocycles. The molecule has 1 aromatic carbocycles. The number of pyridine rings is 1. The predicted molar refractivity (Wildman–Crippen MR) is 88.0 cm³/mol. The Morgan fingerprint density at radius 1 is 1.30 bits per heavy atom. The Bertz CT molecular complexity index is 617. The number of nitrogens with zero attached hydrogens (tertiary/aromatic N) is 1. The summed E-state index contributed by atoms with van der Waals surface area (Å²) in [6.07, 6.45) is 4.33. The molecule has 122 valence electrons. The zero-order valence-corrected chi connectivity index (χ0v) is 13.2. The van der Waals surface area contributed by atoms with Crippen molar-refractivity contribution in [2.45, 2.75) is 32.4 Å². The molecule has 1 atom stereocenters. The molecule has 0 aliphatic carbocycles. The molecule has 0 radical (unpaired) electrons. The number of ether oxygens (including phenoxy) is 1. The molecular formula is C18H22N2O3. The van der Waals surface area contributed by atoms with E-state index in [1.165, 1.54) is 0 Å². The van der Waals surface area contributed by atoms with Crippen molar-refractivity contribution in [3.05, 3.63) is 59.9 Å². The van der Waals surface area contributed by atoms with Crippen LogP contribution in [0.4, 0.5) is 0 Å². The van der Waals surface area contributed by atoms with E-state index in [4.69, 9.17) is 9.84 Å². The van der Waals surface area contributed by atoms with Crippen molar-refractivity contribution < 1.29 is 14.6 Å². The van der Waals surface area contributed by atoms with Crippen molar-refractivity contribution in [1.29, 1.82) is 0 Å². The van der Waals surface area contributed by atoms with Crippen LogP contribution in [0.1, 0.15) is 24.5 Å². The number of aliphatic hydroxyl groups excluding tert-OH is 1. The second kappa shape index (κ2) is 8.90. The molecule has 5 nitrogen and oxygen atoms in total. The minimum absolute atomic E-state index is 0.0301. The van der Waals surface area contributed by atoms with Crippen molar-refractivity contribution in [3.8, 4) is 5.75 Å². The first-order valence-corrected chi connectivity index (χ1v) is 7.68. The summed E-state index contributed by atoms with van der Waals surface area (Å²) >= 11 is 0. The predicted octanol–water partition coefficient (Wildman–Crippen LogP) is 2.09. The van der Waals surface area contributed by atoms with Gasteiger partial charge < -0.3 is 15.2 Å². The topological polar surface area (TPSA) is 71.5 Å². The van der Waals surface area contributed by atoms with Crippen molar-refractivity contribution in [3.63, 3.8) is 0 Å². The van der Waals surface area contributed by atoms with E-state index in [0.717, 1.165) is 16.9 Å². The first-order valence-electron chi connectivity index (χ1n) is 7.68. The molecule has 23 heavy (non-hydrogen) atoms. The first kappa shape index (κ1) is 17.0. The first-order chi connectivity index (χ1) is 11.2. The number of amides is 1. The zero-order valence-electron chi connectivity index (χ0n) is 13.2. The van der Waals surface area contributed by atoms with Crippen LogP contribution in [0, 0.1) is 0 Å². The fourth-order valence-corrected chi connectivity index (χ4v) is 2.17. The summed E-state index contributed by atoms with van der Waals surface area (Å²) in [6, 6.07) is 11.3. The Kier molecular flexibility index (Phi) is 6.56. The lowest BCUT2D eigenvalue weighted by Crippen LogP contribution is -2.34. The molecule has 0 spiro atoms. The Morgan fingerprint density at radius 3 is 2.87 bits per heavy atom. The highest BCUT2D eigenvalue weighted by atomic mass is 16.5. The van der Waals surface area contributed by atoms with Crippen LogP contribution in [-0.2, 0) is 17.8 Å². The molecule has 0 aliphatic rings. The highest BCUT2D eigenvalue weighted by Gasteiger charge is 2.08. The lowest BCUT2D eigenvalue weighted by atomic mass is 10.1. The van der Waals surface area contributed by atoms with Crippen LogP contribution in [0.25, 0.3) is 0 Å². The molecule has 2 rings (SSSR count). The minimum Gasteiger partial charge on any atom is -0.489 e. The number of rotatable bonds is 8. The van der Waals surface area contributed by atoms with Gasteiger partial charge in [0, 0.05) is 30.6 Å². The molecular weight excluding hydrogens is 292 g/mol. The molecule has 2 N–H and O–H groups in total. The normalized spacial score (nSPS) is 11.7. The van der Waals surface area contributed by atoms with E-state index in [9.17, 15) is 4.79 Å². The molecule has 5 heteroatoms. The summed E-state index contributed by atoms with van der Waals surface area (Å²) in [5, 5.41) is 11.7. The Morgan fingerprint density at radius 2 is 2.13 bits per heavy atom. The Balaban J connectivity index is 1.88. The van der Waals surface area contributed by atoms with Gasteiger partial charge >= 0.3 is 0 Å². The van der Waals surface area contributed by atoms with Crippen molar-refractivity contribution in [1.82, 2.24) is 10.3 Å². The second-order valence-corrected chi connectivity index (χ2v) is 5.45. The van der Waals surface area contributed by atoms with E-state index in [-0.39, 0.29) is 18.6 Å². The SMILES string of the molecule is CC(CCO)NC(=O)Cc1cccc(OCc2cccnc2)c1. The molecule has 1 heterocycles. The van der Waals surface area contributed by atoms with Crippen LogP contribution in [0.5, 0.6) is 5.75 Å². The van der Waals surface area contributed by atoms with Crippen LogP contribution in [-0.4, -0.2) is 28.6 Å². The molecule has 0 bridgehead atoms. The van der Waals surface area contributed by atoms with Gasteiger partial charge in [-0.1, -0.05) is 18.2 Å². The van der Waals surface area contributed by atoms with Gasteiger partial charge in [0.15, 0.2) is 0 Å². The number of aliphatic hydroxyl groups is 1. The number of benzene rings is 1. The van der Waals surface area contributed by atoms with Gasteiger partial charge in [0.1, 0.15) is 12.4 Å². The maximum Gasteiger partial charge on any atom is 0.224 e. The van der Waals surface area contributed by atoms with Crippen molar-refractivity contribution in [2.24, 2.45) is 0 Å². The van der Waals surface area contributed by atoms with Gasteiger partial charge in [-0.25, -0.2) is 0 Å². The van der Waals surface area contributed by atoms with Gasteiger partial charge in [0.2, 0.25) is 5.91 Å². The molecule has 1 amide bonds. The van der Waals surface area contributed by atoms with Crippen LogP contribution in [0.3, 0.4) is 0 Å². The second-order valence-electron chi connectivity index (χ2n) is 5.45. The number of carbonyl (C=O) groups is 1. The summed E-state index contributed by atoms with van der Waals surface area (Å²) in [5.74, 6) is 0.665. The highest BCUT2D eigenvalue weighted by molar-refractivity contribution is 5.78. The number of carbonyl (C=O) groups excluding carboxylic acids is 1. The van der Waals surface area contributed by atoms with E-state index in [2.05, 4.69) is 10.3 Å². The highest BCUT2D eigenvalue weighted by Crippen LogP contribution is 2.15. The maximum absolute atomic E-state index is 11.9. The lowest BCUT2D eigenvalue weighted by molar-refractivity contribution is -0.121. The third kappa shape index (κ3) is 6.08. The fourth-order valence-electron chi connectivity index (χ4n) is 2.17. The molecule has 0 fully saturated rings. The molecule has 0 saturated carbocycles. The van der Waals surface area contributed by atoms with Gasteiger partial charge in [0.05, 0.1) is 6.42 Å². The minimum atomic E-state index is -0.0599. The van der Waals surface area contributed by atoms with Gasteiger partial charge in [-0.3, -0.25) is 9.78 Å². The summed E-state index contributed by atoms with van der Waals surface area (Å²) < 4.78 is 5.73. The van der Waals surface area contributed by atoms with Gasteiger partial charge in [-0.05, 0) is 37.1 Å². The van der Waals surface area contributed by atoms with Gasteiger partial charge in [0.25, 0.3) is 0 Å². The monoisotopic (exact) mass is 314 g/mol. The lowest BCUT2D eigenvalue weighted by Gasteiger charge is -2.13. The summed E-state index contributed by atoms with van der Waals surface area (Å²) in [6.45, 7) is 2.39. The van der Waals surface area contributed by atoms with Crippen LogP contribution in [0.2, 0.25) is 0 Å². The molecule has 1 unspecified atom stereocenters. The van der Waals surface area contributed by atoms with Crippen LogP contribution < -0.4 is 10.1 Å². The average molecular weight is 314 g/mol. The summed E-state index contributed by atoms with van der Waals surface area (Å²) in [5.41, 5.74) is 1.89. The smallest absolute Gasteiger partial charge is 0.224 e. The van der Waals surface area contributed by atoms with Crippen LogP contribution in [0.15, 0.2) is 48.8 Å². The number of aromatic nitrogens is 1. The van der Waals surface area contributed by atoms with E-state index in [1.54, 1.807) is 12.4 Å². The standard InChI is InChI=1S/C18H22N2O3/c1-14(7-9-21)20-18(22)11-15-4-2-6-17(10-15)23-13-16-5-3-8-19-12-16/h2-6,8,10,12,14,21H,7,9,11,13H2,1H3,(H,20,22). The fraction of sp³-hybridized carbons (Fsp3) is 0.333. The molecule has 2 aromatic rings.